The number of benzene rings is 2. The van der Waals surface area contributed by atoms with E-state index >= 15 is 0 Å². The van der Waals surface area contributed by atoms with Crippen LogP contribution >= 0.6 is 0 Å². The summed E-state index contributed by atoms with van der Waals surface area (Å²) >= 11 is 0. The molecule has 0 radical (unpaired) electrons. The van der Waals surface area contributed by atoms with Gasteiger partial charge in [-0.2, -0.15) is 0 Å². The highest BCUT2D eigenvalue weighted by Gasteiger charge is 2.21. The monoisotopic (exact) mass is 404 g/mol. The van der Waals surface area contributed by atoms with Crippen LogP contribution in [0.25, 0.3) is 0 Å². The number of nitrogens with one attached hydrogen (secondary N) is 1. The highest BCUT2D eigenvalue weighted by molar-refractivity contribution is 7.92. The first kappa shape index (κ1) is 21.8. The summed E-state index contributed by atoms with van der Waals surface area (Å²) in [7, 11) is -1.94. The van der Waals surface area contributed by atoms with Gasteiger partial charge in [0.25, 0.3) is 0 Å². The van der Waals surface area contributed by atoms with Crippen LogP contribution in [0.2, 0.25) is 0 Å². The predicted octanol–water partition coefficient (Wildman–Crippen LogP) is 2.83. The van der Waals surface area contributed by atoms with E-state index in [0.717, 1.165) is 45.8 Å². The van der Waals surface area contributed by atoms with E-state index in [9.17, 15) is 13.2 Å². The fourth-order valence-electron chi connectivity index (χ4n) is 3.10. The molecule has 0 atom stereocenters. The average Bonchev–Trinajstić information content (AvgIpc) is 2.61. The van der Waals surface area contributed by atoms with Crippen molar-refractivity contribution in [3.8, 4) is 5.75 Å². The summed E-state index contributed by atoms with van der Waals surface area (Å²) in [5.74, 6) is 0.497. The van der Waals surface area contributed by atoms with Crippen LogP contribution in [-0.4, -0.2) is 40.8 Å². The van der Waals surface area contributed by atoms with E-state index in [4.69, 9.17) is 4.74 Å². The van der Waals surface area contributed by atoms with Gasteiger partial charge in [0.2, 0.25) is 15.9 Å². The van der Waals surface area contributed by atoms with E-state index in [1.165, 1.54) is 0 Å². The number of carbonyl (C=O) groups is 1. The number of methoxy groups -OCH3 is 1. The summed E-state index contributed by atoms with van der Waals surface area (Å²) < 4.78 is 30.9. The molecule has 2 aromatic carbocycles. The number of hydrogen-bond acceptors (Lipinski definition) is 4. The highest BCUT2D eigenvalue weighted by atomic mass is 32.2. The largest absolute Gasteiger partial charge is 0.496 e. The van der Waals surface area contributed by atoms with Gasteiger partial charge in [-0.1, -0.05) is 24.3 Å². The van der Waals surface area contributed by atoms with Gasteiger partial charge in [-0.25, -0.2) is 8.42 Å². The lowest BCUT2D eigenvalue weighted by atomic mass is 10.1. The van der Waals surface area contributed by atoms with Crippen LogP contribution in [-0.2, 0) is 21.2 Å². The summed E-state index contributed by atoms with van der Waals surface area (Å²) in [5.41, 5.74) is 3.47. The zero-order valence-electron chi connectivity index (χ0n) is 16.9. The van der Waals surface area contributed by atoms with Crippen LogP contribution in [0, 0.1) is 13.8 Å². The molecule has 1 N–H and O–H groups in total. The Bertz CT molecular complexity index is 906. The van der Waals surface area contributed by atoms with Crippen molar-refractivity contribution in [2.75, 3.05) is 30.8 Å². The molecule has 0 aliphatic rings. The van der Waals surface area contributed by atoms with Crippen LogP contribution in [0.1, 0.15) is 23.1 Å². The van der Waals surface area contributed by atoms with E-state index in [1.54, 1.807) is 19.2 Å². The molecule has 0 saturated heterocycles. The molecule has 0 unspecified atom stereocenters. The van der Waals surface area contributed by atoms with Crippen molar-refractivity contribution < 1.29 is 17.9 Å². The third-order valence-electron chi connectivity index (χ3n) is 4.32. The smallest absolute Gasteiger partial charge is 0.240 e. The molecule has 152 valence electrons. The molecule has 0 fully saturated rings. The normalized spacial score (nSPS) is 11.1. The van der Waals surface area contributed by atoms with Crippen molar-refractivity contribution in [3.63, 3.8) is 0 Å². The van der Waals surface area contributed by atoms with E-state index in [1.807, 2.05) is 44.2 Å². The fraction of sp³-hybridized carbons (Fsp3) is 0.381. The summed E-state index contributed by atoms with van der Waals surface area (Å²) in [4.78, 5) is 12.3. The van der Waals surface area contributed by atoms with E-state index in [2.05, 4.69) is 5.32 Å². The molecule has 0 spiro atoms. The molecule has 7 heteroatoms. The highest BCUT2D eigenvalue weighted by Crippen LogP contribution is 2.21. The predicted molar refractivity (Wildman–Crippen MR) is 112 cm³/mol. The first-order valence-electron chi connectivity index (χ1n) is 9.15. The van der Waals surface area contributed by atoms with Gasteiger partial charge in [-0.3, -0.25) is 9.10 Å². The number of aryl methyl sites for hydroxylation is 3. The van der Waals surface area contributed by atoms with Crippen LogP contribution in [0.15, 0.2) is 42.5 Å². The van der Waals surface area contributed by atoms with Crippen LogP contribution in [0.3, 0.4) is 0 Å². The number of rotatable bonds is 9. The lowest BCUT2D eigenvalue weighted by molar-refractivity contribution is -0.119. The maximum Gasteiger partial charge on any atom is 0.240 e. The molecule has 0 heterocycles. The molecule has 1 amide bonds. The summed E-state index contributed by atoms with van der Waals surface area (Å²) in [6, 6.07) is 13.3. The topological polar surface area (TPSA) is 75.7 Å². The van der Waals surface area contributed by atoms with Crippen molar-refractivity contribution in [2.45, 2.75) is 26.7 Å². The molecule has 0 saturated carbocycles. The summed E-state index contributed by atoms with van der Waals surface area (Å²) in [6.45, 7) is 4.02. The molecule has 6 nitrogen and oxygen atoms in total. The Morgan fingerprint density at radius 3 is 2.36 bits per heavy atom. The number of amides is 1. The Balaban J connectivity index is 1.95. The third kappa shape index (κ3) is 6.27. The fourth-order valence-corrected chi connectivity index (χ4v) is 3.94. The number of anilines is 1. The number of nitrogens with zero attached hydrogens (tertiary/aromatic N) is 1. The Labute approximate surface area is 167 Å². The van der Waals surface area contributed by atoms with E-state index in [-0.39, 0.29) is 12.5 Å². The number of carbonyl (C=O) groups excluding carboxylic acids is 1. The Hall–Kier alpha value is -2.54. The summed E-state index contributed by atoms with van der Waals surface area (Å²) in [6.07, 6.45) is 2.60. The van der Waals surface area contributed by atoms with Gasteiger partial charge in [0.05, 0.1) is 19.1 Å². The van der Waals surface area contributed by atoms with Crippen molar-refractivity contribution in [2.24, 2.45) is 0 Å². The summed E-state index contributed by atoms with van der Waals surface area (Å²) in [5, 5.41) is 2.81. The average molecular weight is 405 g/mol. The quantitative estimate of drug-likeness (QED) is 0.652. The lowest BCUT2D eigenvalue weighted by Crippen LogP contribution is -2.40. The van der Waals surface area contributed by atoms with Gasteiger partial charge in [-0.05, 0) is 61.6 Å². The van der Waals surface area contributed by atoms with Crippen molar-refractivity contribution in [1.29, 1.82) is 0 Å². The molecular formula is C21H28N2O4S. The van der Waals surface area contributed by atoms with E-state index < -0.39 is 10.0 Å². The molecule has 2 aromatic rings. The maximum atomic E-state index is 12.3. The number of ether oxygens (including phenoxy) is 1. The van der Waals surface area contributed by atoms with E-state index in [0.29, 0.717) is 12.2 Å². The van der Waals surface area contributed by atoms with Gasteiger partial charge in [0, 0.05) is 6.54 Å². The first-order chi connectivity index (χ1) is 13.2. The number of hydrogen-bond donors (Lipinski definition) is 1. The zero-order chi connectivity index (χ0) is 20.7. The number of para-hydroxylation sites is 1. The third-order valence-corrected chi connectivity index (χ3v) is 5.46. The molecule has 2 rings (SSSR count). The van der Waals surface area contributed by atoms with Gasteiger partial charge >= 0.3 is 0 Å². The van der Waals surface area contributed by atoms with Crippen LogP contribution in [0.5, 0.6) is 5.75 Å². The van der Waals surface area contributed by atoms with Gasteiger partial charge < -0.3 is 10.1 Å². The second kappa shape index (κ2) is 9.59. The molecule has 28 heavy (non-hydrogen) atoms. The van der Waals surface area contributed by atoms with Gasteiger partial charge in [0.15, 0.2) is 0 Å². The molecule has 0 aliphatic heterocycles. The zero-order valence-corrected chi connectivity index (χ0v) is 17.7. The number of sulfonamides is 1. The second-order valence-corrected chi connectivity index (χ2v) is 8.79. The van der Waals surface area contributed by atoms with Crippen molar-refractivity contribution in [3.05, 3.63) is 59.2 Å². The molecule has 0 aliphatic carbocycles. The van der Waals surface area contributed by atoms with Crippen molar-refractivity contribution in [1.82, 2.24) is 5.32 Å². The van der Waals surface area contributed by atoms with Crippen LogP contribution < -0.4 is 14.4 Å². The van der Waals surface area contributed by atoms with Crippen molar-refractivity contribution >= 4 is 21.6 Å². The lowest BCUT2D eigenvalue weighted by Gasteiger charge is -2.22. The molecular weight excluding hydrogens is 376 g/mol. The minimum Gasteiger partial charge on any atom is -0.496 e. The second-order valence-electron chi connectivity index (χ2n) is 6.88. The minimum atomic E-state index is -3.57. The Morgan fingerprint density at radius 2 is 1.75 bits per heavy atom. The van der Waals surface area contributed by atoms with Gasteiger partial charge in [0.1, 0.15) is 12.3 Å². The molecule has 0 bridgehead atoms. The molecule has 0 aromatic heterocycles. The standard InChI is InChI=1S/C21H28N2O4S/c1-16-12-17(2)14-19(13-16)23(28(4,25)26)15-21(24)22-11-7-9-18-8-5-6-10-20(18)27-3/h5-6,8,10,12-14H,7,9,11,15H2,1-4H3,(H,22,24). The van der Waals surface area contributed by atoms with Gasteiger partial charge in [-0.15, -0.1) is 0 Å². The van der Waals surface area contributed by atoms with Crippen LogP contribution in [0.4, 0.5) is 5.69 Å². The Kier molecular flexibility index (Phi) is 7.45. The Morgan fingerprint density at radius 1 is 1.11 bits per heavy atom. The first-order valence-corrected chi connectivity index (χ1v) is 11.0. The SMILES string of the molecule is COc1ccccc1CCCNC(=O)CN(c1cc(C)cc(C)c1)S(C)(=O)=O. The minimum absolute atomic E-state index is 0.240. The maximum absolute atomic E-state index is 12.3.